The zero-order valence-electron chi connectivity index (χ0n) is 15.4. The summed E-state index contributed by atoms with van der Waals surface area (Å²) in [7, 11) is -2.13. The number of hydrogen-bond donors (Lipinski definition) is 1. The third kappa shape index (κ3) is 4.34. The Balaban J connectivity index is 2.04. The summed E-state index contributed by atoms with van der Waals surface area (Å²) < 4.78 is 29.7. The van der Waals surface area contributed by atoms with Crippen molar-refractivity contribution in [3.05, 3.63) is 46.7 Å². The smallest absolute Gasteiger partial charge is 0.244 e. The first-order chi connectivity index (χ1) is 12.8. The second-order valence-corrected chi connectivity index (χ2v) is 9.03. The van der Waals surface area contributed by atoms with Gasteiger partial charge in [-0.3, -0.25) is 9.48 Å². The fourth-order valence-corrected chi connectivity index (χ4v) is 4.99. The lowest BCUT2D eigenvalue weighted by molar-refractivity contribution is -0.124. The van der Waals surface area contributed by atoms with E-state index in [9.17, 15) is 13.2 Å². The lowest BCUT2D eigenvalue weighted by atomic mass is 10.1. The van der Waals surface area contributed by atoms with Crippen molar-refractivity contribution in [2.45, 2.75) is 43.7 Å². The van der Waals surface area contributed by atoms with Gasteiger partial charge in [0.1, 0.15) is 6.04 Å². The highest BCUT2D eigenvalue weighted by molar-refractivity contribution is 7.89. The van der Waals surface area contributed by atoms with Gasteiger partial charge in [0, 0.05) is 18.6 Å². The monoisotopic (exact) mass is 410 g/mol. The minimum absolute atomic E-state index is 0.0698. The van der Waals surface area contributed by atoms with E-state index in [0.29, 0.717) is 18.0 Å². The van der Waals surface area contributed by atoms with Gasteiger partial charge in [0.05, 0.1) is 22.8 Å². The number of hydrogen-bond acceptors (Lipinski definition) is 4. The van der Waals surface area contributed by atoms with Gasteiger partial charge in [-0.25, -0.2) is 8.42 Å². The Morgan fingerprint density at radius 1 is 1.30 bits per heavy atom. The van der Waals surface area contributed by atoms with Crippen molar-refractivity contribution < 1.29 is 13.2 Å². The summed E-state index contributed by atoms with van der Waals surface area (Å²) in [5.41, 5.74) is 1.52. The summed E-state index contributed by atoms with van der Waals surface area (Å²) >= 11 is 5.90. The minimum Gasteiger partial charge on any atom is -0.355 e. The largest absolute Gasteiger partial charge is 0.355 e. The SMILES string of the molecule is Cc1cc(CN(C2CCCCNC2=O)S(=O)(=O)c2ccc(Cl)cc2)n(C)n1. The number of nitrogens with zero attached hydrogens (tertiary/aromatic N) is 3. The predicted molar refractivity (Wildman–Crippen MR) is 103 cm³/mol. The molecule has 2 heterocycles. The van der Waals surface area contributed by atoms with Crippen LogP contribution in [0.25, 0.3) is 0 Å². The van der Waals surface area contributed by atoms with E-state index in [1.807, 2.05) is 13.0 Å². The van der Waals surface area contributed by atoms with Crippen LogP contribution < -0.4 is 5.32 Å². The van der Waals surface area contributed by atoms with Gasteiger partial charge in [0.25, 0.3) is 0 Å². The number of carbonyl (C=O) groups excluding carboxylic acids is 1. The van der Waals surface area contributed by atoms with Crippen LogP contribution in [0.1, 0.15) is 30.7 Å². The summed E-state index contributed by atoms with van der Waals surface area (Å²) in [4.78, 5) is 12.7. The molecule has 0 radical (unpaired) electrons. The summed E-state index contributed by atoms with van der Waals surface area (Å²) in [6, 6.07) is 7.08. The number of sulfonamides is 1. The number of carbonyl (C=O) groups is 1. The summed E-state index contributed by atoms with van der Waals surface area (Å²) in [5, 5.41) is 7.57. The first-order valence-electron chi connectivity index (χ1n) is 8.83. The van der Waals surface area contributed by atoms with E-state index in [1.165, 1.54) is 28.6 Å². The molecular weight excluding hydrogens is 388 g/mol. The Morgan fingerprint density at radius 3 is 2.63 bits per heavy atom. The molecule has 3 rings (SSSR count). The maximum absolute atomic E-state index is 13.4. The van der Waals surface area contributed by atoms with Crippen LogP contribution in [-0.4, -0.2) is 41.0 Å². The number of rotatable bonds is 5. The van der Waals surface area contributed by atoms with Crippen molar-refractivity contribution in [3.8, 4) is 0 Å². The molecule has 0 aliphatic carbocycles. The Hall–Kier alpha value is -1.90. The van der Waals surface area contributed by atoms with Crippen LogP contribution in [0.15, 0.2) is 35.2 Å². The van der Waals surface area contributed by atoms with Crippen LogP contribution in [0.4, 0.5) is 0 Å². The van der Waals surface area contributed by atoms with Crippen LogP contribution in [0.3, 0.4) is 0 Å². The number of aryl methyl sites for hydroxylation is 2. The molecule has 9 heteroatoms. The standard InChI is InChI=1S/C18H23ClN4O3S/c1-13-11-15(22(2)21-13)12-23(17-5-3-4-10-20-18(17)24)27(25,26)16-8-6-14(19)7-9-16/h6-9,11,17H,3-5,10,12H2,1-2H3,(H,20,24). The Kier molecular flexibility index (Phi) is 5.88. The highest BCUT2D eigenvalue weighted by Crippen LogP contribution is 2.26. The molecule has 1 unspecified atom stereocenters. The van der Waals surface area contributed by atoms with Gasteiger partial charge in [-0.05, 0) is 56.5 Å². The topological polar surface area (TPSA) is 84.3 Å². The van der Waals surface area contributed by atoms with Gasteiger partial charge in [-0.15, -0.1) is 0 Å². The Labute approximate surface area is 164 Å². The maximum Gasteiger partial charge on any atom is 0.244 e. The van der Waals surface area contributed by atoms with Crippen LogP contribution in [0, 0.1) is 6.92 Å². The van der Waals surface area contributed by atoms with Gasteiger partial charge >= 0.3 is 0 Å². The number of halogens is 1. The van der Waals surface area contributed by atoms with Crippen LogP contribution in [-0.2, 0) is 28.4 Å². The van der Waals surface area contributed by atoms with Gasteiger partial charge in [-0.2, -0.15) is 9.40 Å². The van der Waals surface area contributed by atoms with Gasteiger partial charge in [-0.1, -0.05) is 11.6 Å². The first-order valence-corrected chi connectivity index (χ1v) is 10.7. The normalized spacial score (nSPS) is 18.4. The van der Waals surface area contributed by atoms with Crippen LogP contribution in [0.5, 0.6) is 0 Å². The molecule has 0 saturated carbocycles. The predicted octanol–water partition coefficient (Wildman–Crippen LogP) is 2.24. The van der Waals surface area contributed by atoms with E-state index in [4.69, 9.17) is 11.6 Å². The van der Waals surface area contributed by atoms with Gasteiger partial charge in [0.15, 0.2) is 0 Å². The molecule has 2 aromatic rings. The number of aromatic nitrogens is 2. The third-order valence-electron chi connectivity index (χ3n) is 4.69. The van der Waals surface area contributed by atoms with Crippen molar-refractivity contribution in [1.29, 1.82) is 0 Å². The van der Waals surface area contributed by atoms with E-state index >= 15 is 0 Å². The quantitative estimate of drug-likeness (QED) is 0.819. The molecule has 1 saturated heterocycles. The second kappa shape index (κ2) is 8.00. The average Bonchev–Trinajstić information content (AvgIpc) is 2.79. The molecule has 1 aliphatic rings. The lowest BCUT2D eigenvalue weighted by Gasteiger charge is -2.29. The lowest BCUT2D eigenvalue weighted by Crippen LogP contribution is -2.48. The number of amides is 1. The van der Waals surface area contributed by atoms with Gasteiger partial charge in [0.2, 0.25) is 15.9 Å². The van der Waals surface area contributed by atoms with E-state index in [2.05, 4.69) is 10.4 Å². The Bertz CT molecular complexity index is 925. The van der Waals surface area contributed by atoms with E-state index in [-0.39, 0.29) is 17.3 Å². The molecule has 0 bridgehead atoms. The summed E-state index contributed by atoms with van der Waals surface area (Å²) in [6.45, 7) is 2.48. The van der Waals surface area contributed by atoms with Crippen molar-refractivity contribution in [2.75, 3.05) is 6.54 Å². The maximum atomic E-state index is 13.4. The second-order valence-electron chi connectivity index (χ2n) is 6.71. The van der Waals surface area contributed by atoms with E-state index in [1.54, 1.807) is 11.7 Å². The number of benzene rings is 1. The fraction of sp³-hybridized carbons (Fsp3) is 0.444. The van der Waals surface area contributed by atoms with E-state index < -0.39 is 16.1 Å². The van der Waals surface area contributed by atoms with Crippen molar-refractivity contribution in [3.63, 3.8) is 0 Å². The highest BCUT2D eigenvalue weighted by atomic mass is 35.5. The third-order valence-corrected chi connectivity index (χ3v) is 6.81. The molecule has 1 N–H and O–H groups in total. The molecule has 0 spiro atoms. The first kappa shape index (κ1) is 19.9. The molecule has 1 amide bonds. The number of nitrogens with one attached hydrogen (secondary N) is 1. The molecule has 1 fully saturated rings. The Morgan fingerprint density at radius 2 is 2.00 bits per heavy atom. The molecular formula is C18H23ClN4O3S. The van der Waals surface area contributed by atoms with Crippen molar-refractivity contribution in [1.82, 2.24) is 19.4 Å². The average molecular weight is 411 g/mol. The molecule has 146 valence electrons. The van der Waals surface area contributed by atoms with Gasteiger partial charge < -0.3 is 5.32 Å². The molecule has 1 aromatic heterocycles. The fourth-order valence-electron chi connectivity index (χ4n) is 3.27. The summed E-state index contributed by atoms with van der Waals surface area (Å²) in [6.07, 6.45) is 2.10. The van der Waals surface area contributed by atoms with Crippen LogP contribution in [0.2, 0.25) is 5.02 Å². The molecule has 27 heavy (non-hydrogen) atoms. The zero-order valence-corrected chi connectivity index (χ0v) is 16.9. The molecule has 7 nitrogen and oxygen atoms in total. The zero-order chi connectivity index (χ0) is 19.6. The van der Waals surface area contributed by atoms with Crippen LogP contribution >= 0.6 is 11.6 Å². The molecule has 1 atom stereocenters. The molecule has 1 aromatic carbocycles. The highest BCUT2D eigenvalue weighted by Gasteiger charge is 2.37. The summed E-state index contributed by atoms with van der Waals surface area (Å²) in [5.74, 6) is -0.260. The molecule has 1 aliphatic heterocycles. The van der Waals surface area contributed by atoms with E-state index in [0.717, 1.165) is 24.2 Å². The minimum atomic E-state index is -3.90. The van der Waals surface area contributed by atoms with Crippen molar-refractivity contribution >= 4 is 27.5 Å². The van der Waals surface area contributed by atoms with Crippen molar-refractivity contribution in [2.24, 2.45) is 7.05 Å².